The normalized spacial score (nSPS) is 18.5. The molecule has 1 N–H and O–H groups in total. The summed E-state index contributed by atoms with van der Waals surface area (Å²) < 4.78 is 5.45. The zero-order valence-corrected chi connectivity index (χ0v) is 19.6. The Morgan fingerprint density at radius 3 is 2.33 bits per heavy atom. The molecule has 1 aliphatic heterocycles. The van der Waals surface area contributed by atoms with Crippen LogP contribution in [0.25, 0.3) is 0 Å². The lowest BCUT2D eigenvalue weighted by atomic mass is 10.2. The highest BCUT2D eigenvalue weighted by Crippen LogP contribution is 2.42. The fourth-order valence-corrected chi connectivity index (χ4v) is 5.01. The number of hydrogen-bond acceptors (Lipinski definition) is 5. The summed E-state index contributed by atoms with van der Waals surface area (Å²) in [6, 6.07) is 10.8. The van der Waals surface area contributed by atoms with Gasteiger partial charge >= 0.3 is 0 Å². The number of halogens is 3. The second-order valence-electron chi connectivity index (χ2n) is 6.85. The molecule has 2 aromatic rings. The third kappa shape index (κ3) is 5.09. The van der Waals surface area contributed by atoms with Crippen molar-refractivity contribution in [2.24, 2.45) is 0 Å². The van der Waals surface area contributed by atoms with Gasteiger partial charge in [0, 0.05) is 24.8 Å². The molecule has 1 fully saturated rings. The standard InChI is InChI=1S/C20H20Cl3N3O3S/c1-11-19(28)26(20(30-11)12-4-6-14(7-5-12)25(2)3)24-17(27)10-29-18-15(22)8-13(21)9-16(18)23/h4-9,11,20H,10H2,1-3H3,(H,24,27)/t11-,20+/m1/s1. The molecule has 2 amide bonds. The molecular weight excluding hydrogens is 469 g/mol. The van der Waals surface area contributed by atoms with E-state index in [1.54, 1.807) is 0 Å². The second kappa shape index (κ2) is 9.56. The molecule has 0 spiro atoms. The van der Waals surface area contributed by atoms with Crippen LogP contribution >= 0.6 is 46.6 Å². The highest BCUT2D eigenvalue weighted by molar-refractivity contribution is 8.01. The van der Waals surface area contributed by atoms with Gasteiger partial charge in [0.2, 0.25) is 0 Å². The van der Waals surface area contributed by atoms with Gasteiger partial charge in [-0.05, 0) is 36.8 Å². The number of anilines is 1. The minimum Gasteiger partial charge on any atom is -0.481 e. The third-order valence-electron chi connectivity index (χ3n) is 4.40. The van der Waals surface area contributed by atoms with Crippen molar-refractivity contribution in [2.75, 3.05) is 25.6 Å². The lowest BCUT2D eigenvalue weighted by Gasteiger charge is -2.25. The predicted octanol–water partition coefficient (Wildman–Crippen LogP) is 4.79. The molecule has 0 aliphatic carbocycles. The summed E-state index contributed by atoms with van der Waals surface area (Å²) in [7, 11) is 3.91. The number of hydrazine groups is 1. The van der Waals surface area contributed by atoms with Crippen molar-refractivity contribution in [3.05, 3.63) is 57.0 Å². The van der Waals surface area contributed by atoms with Gasteiger partial charge in [-0.25, -0.2) is 5.01 Å². The molecule has 0 radical (unpaired) electrons. The van der Waals surface area contributed by atoms with E-state index in [2.05, 4.69) is 5.43 Å². The summed E-state index contributed by atoms with van der Waals surface area (Å²) in [6.45, 7) is 1.44. The number of nitrogens with one attached hydrogen (secondary N) is 1. The Morgan fingerprint density at radius 1 is 1.17 bits per heavy atom. The number of nitrogens with zero attached hydrogens (tertiary/aromatic N) is 2. The van der Waals surface area contributed by atoms with Crippen LogP contribution in [0.3, 0.4) is 0 Å². The van der Waals surface area contributed by atoms with E-state index in [1.807, 2.05) is 50.2 Å². The van der Waals surface area contributed by atoms with Crippen molar-refractivity contribution in [3.8, 4) is 5.75 Å². The molecular formula is C20H20Cl3N3O3S. The van der Waals surface area contributed by atoms with Gasteiger partial charge < -0.3 is 9.64 Å². The van der Waals surface area contributed by atoms with E-state index < -0.39 is 5.91 Å². The van der Waals surface area contributed by atoms with Crippen LogP contribution < -0.4 is 15.1 Å². The lowest BCUT2D eigenvalue weighted by Crippen LogP contribution is -2.47. The maximum absolute atomic E-state index is 12.6. The summed E-state index contributed by atoms with van der Waals surface area (Å²) in [5.41, 5.74) is 4.60. The number of hydrogen-bond donors (Lipinski definition) is 1. The average Bonchev–Trinajstić information content (AvgIpc) is 2.95. The number of amides is 2. The summed E-state index contributed by atoms with van der Waals surface area (Å²) in [6.07, 6.45) is 0. The van der Waals surface area contributed by atoms with E-state index in [1.165, 1.54) is 28.9 Å². The smallest absolute Gasteiger partial charge is 0.276 e. The summed E-state index contributed by atoms with van der Waals surface area (Å²) >= 11 is 19.5. The number of carbonyl (C=O) groups is 2. The molecule has 1 saturated heterocycles. The first kappa shape index (κ1) is 22.9. The van der Waals surface area contributed by atoms with Gasteiger partial charge in [0.15, 0.2) is 12.4 Å². The van der Waals surface area contributed by atoms with Gasteiger partial charge in [-0.3, -0.25) is 15.0 Å². The molecule has 0 bridgehead atoms. The fraction of sp³-hybridized carbons (Fsp3) is 0.300. The van der Waals surface area contributed by atoms with Crippen LogP contribution in [0.2, 0.25) is 15.1 Å². The summed E-state index contributed by atoms with van der Waals surface area (Å²) in [5, 5.41) is 1.47. The Morgan fingerprint density at radius 2 is 1.77 bits per heavy atom. The molecule has 0 saturated carbocycles. The van der Waals surface area contributed by atoms with Gasteiger partial charge in [-0.1, -0.05) is 46.9 Å². The average molecular weight is 489 g/mol. The number of carbonyl (C=O) groups excluding carboxylic acids is 2. The van der Waals surface area contributed by atoms with Gasteiger partial charge in [0.05, 0.1) is 15.3 Å². The van der Waals surface area contributed by atoms with Crippen molar-refractivity contribution in [1.29, 1.82) is 0 Å². The van der Waals surface area contributed by atoms with E-state index >= 15 is 0 Å². The third-order valence-corrected chi connectivity index (χ3v) is 6.53. The Balaban J connectivity index is 1.70. The van der Waals surface area contributed by atoms with Crippen molar-refractivity contribution in [1.82, 2.24) is 10.4 Å². The van der Waals surface area contributed by atoms with E-state index in [9.17, 15) is 9.59 Å². The predicted molar refractivity (Wildman–Crippen MR) is 123 cm³/mol. The molecule has 0 aromatic heterocycles. The molecule has 2 atom stereocenters. The van der Waals surface area contributed by atoms with Crippen LogP contribution in [0.4, 0.5) is 5.69 Å². The number of benzene rings is 2. The van der Waals surface area contributed by atoms with Crippen molar-refractivity contribution < 1.29 is 14.3 Å². The van der Waals surface area contributed by atoms with Crippen molar-refractivity contribution in [2.45, 2.75) is 17.5 Å². The van der Waals surface area contributed by atoms with Gasteiger partial charge in [0.25, 0.3) is 11.8 Å². The van der Waals surface area contributed by atoms with Crippen molar-refractivity contribution >= 4 is 64.1 Å². The highest BCUT2D eigenvalue weighted by Gasteiger charge is 2.39. The molecule has 160 valence electrons. The van der Waals surface area contributed by atoms with Gasteiger partial charge in [-0.2, -0.15) is 0 Å². The highest BCUT2D eigenvalue weighted by atomic mass is 35.5. The molecule has 1 aliphatic rings. The van der Waals surface area contributed by atoms with Crippen LogP contribution in [0.1, 0.15) is 17.9 Å². The molecule has 0 unspecified atom stereocenters. The molecule has 30 heavy (non-hydrogen) atoms. The molecule has 1 heterocycles. The lowest BCUT2D eigenvalue weighted by molar-refractivity contribution is -0.141. The molecule has 3 rings (SSSR count). The van der Waals surface area contributed by atoms with Gasteiger partial charge in [0.1, 0.15) is 5.37 Å². The molecule has 10 heteroatoms. The van der Waals surface area contributed by atoms with Crippen LogP contribution in [0, 0.1) is 0 Å². The fourth-order valence-electron chi connectivity index (χ4n) is 2.87. The van der Waals surface area contributed by atoms with E-state index in [-0.39, 0.29) is 38.9 Å². The first-order valence-electron chi connectivity index (χ1n) is 9.00. The Labute approximate surface area is 194 Å². The first-order chi connectivity index (χ1) is 14.2. The van der Waals surface area contributed by atoms with Gasteiger partial charge in [-0.15, -0.1) is 11.8 Å². The minimum absolute atomic E-state index is 0.157. The zero-order valence-electron chi connectivity index (χ0n) is 16.5. The molecule has 2 aromatic carbocycles. The minimum atomic E-state index is -0.505. The summed E-state index contributed by atoms with van der Waals surface area (Å²) in [5.74, 6) is -0.531. The topological polar surface area (TPSA) is 61.9 Å². The van der Waals surface area contributed by atoms with Crippen LogP contribution in [0.15, 0.2) is 36.4 Å². The number of thioether (sulfide) groups is 1. The Hall–Kier alpha value is -1.80. The monoisotopic (exact) mass is 487 g/mol. The van der Waals surface area contributed by atoms with Crippen LogP contribution in [0.5, 0.6) is 5.75 Å². The number of rotatable bonds is 6. The quantitative estimate of drug-likeness (QED) is 0.634. The largest absolute Gasteiger partial charge is 0.481 e. The van der Waals surface area contributed by atoms with E-state index in [0.717, 1.165) is 11.3 Å². The molecule has 6 nitrogen and oxygen atoms in total. The Kier molecular flexibility index (Phi) is 7.29. The van der Waals surface area contributed by atoms with Crippen LogP contribution in [-0.4, -0.2) is 42.8 Å². The number of ether oxygens (including phenoxy) is 1. The van der Waals surface area contributed by atoms with E-state index in [0.29, 0.717) is 5.02 Å². The zero-order chi connectivity index (χ0) is 22.0. The summed E-state index contributed by atoms with van der Waals surface area (Å²) in [4.78, 5) is 27.1. The van der Waals surface area contributed by atoms with E-state index in [4.69, 9.17) is 39.5 Å². The SMILES string of the molecule is C[C@H]1S[C@@H](c2ccc(N(C)C)cc2)N(NC(=O)COc2c(Cl)cc(Cl)cc2Cl)C1=O. The van der Waals surface area contributed by atoms with Crippen LogP contribution in [-0.2, 0) is 9.59 Å². The maximum Gasteiger partial charge on any atom is 0.276 e. The Bertz CT molecular complexity index is 933. The maximum atomic E-state index is 12.6. The first-order valence-corrected chi connectivity index (χ1v) is 11.1. The second-order valence-corrected chi connectivity index (χ2v) is 9.52. The van der Waals surface area contributed by atoms with Crippen molar-refractivity contribution in [3.63, 3.8) is 0 Å².